The van der Waals surface area contributed by atoms with Gasteiger partial charge in [0.05, 0.1) is 6.54 Å². The molecule has 4 nitrogen and oxygen atoms in total. The van der Waals surface area contributed by atoms with Crippen molar-refractivity contribution in [3.05, 3.63) is 70.3 Å². The molecule has 0 amide bonds. The van der Waals surface area contributed by atoms with Gasteiger partial charge in [0.1, 0.15) is 5.58 Å². The van der Waals surface area contributed by atoms with Crippen LogP contribution < -0.4 is 5.56 Å². The number of para-hydroxylation sites is 1. The van der Waals surface area contributed by atoms with E-state index in [0.29, 0.717) is 11.1 Å². The Kier molecular flexibility index (Phi) is 2.99. The summed E-state index contributed by atoms with van der Waals surface area (Å²) in [7, 11) is 0. The van der Waals surface area contributed by atoms with Crippen molar-refractivity contribution < 1.29 is 9.21 Å². The molecular weight excluding hydrogens is 254 g/mol. The highest BCUT2D eigenvalue weighted by molar-refractivity contribution is 5.97. The molecule has 2 aromatic heterocycles. The van der Waals surface area contributed by atoms with Crippen LogP contribution in [0.1, 0.15) is 16.1 Å². The van der Waals surface area contributed by atoms with Crippen molar-refractivity contribution in [1.82, 2.24) is 4.57 Å². The van der Waals surface area contributed by atoms with E-state index < -0.39 is 0 Å². The summed E-state index contributed by atoms with van der Waals surface area (Å²) in [5.74, 6) is 0.0634. The zero-order valence-corrected chi connectivity index (χ0v) is 11.0. The summed E-state index contributed by atoms with van der Waals surface area (Å²) in [5.41, 5.74) is 1.13. The van der Waals surface area contributed by atoms with Gasteiger partial charge in [0, 0.05) is 17.1 Å². The highest BCUT2D eigenvalue weighted by Gasteiger charge is 2.13. The first-order valence-corrected chi connectivity index (χ1v) is 6.33. The normalized spacial score (nSPS) is 10.8. The number of pyridine rings is 1. The van der Waals surface area contributed by atoms with Crippen molar-refractivity contribution in [2.75, 3.05) is 0 Å². The number of hydrogen-bond donors (Lipinski definition) is 0. The number of benzene rings is 1. The molecule has 0 radical (unpaired) electrons. The molecule has 0 N–H and O–H groups in total. The van der Waals surface area contributed by atoms with E-state index in [2.05, 4.69) is 0 Å². The van der Waals surface area contributed by atoms with E-state index in [1.165, 1.54) is 4.57 Å². The van der Waals surface area contributed by atoms with Gasteiger partial charge < -0.3 is 8.98 Å². The number of carbonyl (C=O) groups excluding carboxylic acids is 1. The van der Waals surface area contributed by atoms with Gasteiger partial charge in [-0.15, -0.1) is 0 Å². The van der Waals surface area contributed by atoms with Gasteiger partial charge in [-0.2, -0.15) is 0 Å². The average molecular weight is 267 g/mol. The lowest BCUT2D eigenvalue weighted by Gasteiger charge is -2.03. The Hall–Kier alpha value is -2.62. The summed E-state index contributed by atoms with van der Waals surface area (Å²) >= 11 is 0. The molecule has 0 atom stereocenters. The molecule has 0 aliphatic carbocycles. The van der Waals surface area contributed by atoms with Gasteiger partial charge >= 0.3 is 0 Å². The fraction of sp³-hybridized carbons (Fsp3) is 0.125. The fourth-order valence-corrected chi connectivity index (χ4v) is 2.13. The number of fused-ring (bicyclic) bond motifs is 1. The minimum absolute atomic E-state index is 0.0136. The van der Waals surface area contributed by atoms with Gasteiger partial charge in [-0.25, -0.2) is 0 Å². The number of rotatable bonds is 3. The molecule has 20 heavy (non-hydrogen) atoms. The SMILES string of the molecule is Cc1cccn(CC(=O)c2cc3ccccc3o2)c1=O. The molecule has 4 heteroatoms. The molecular formula is C16H13NO3. The van der Waals surface area contributed by atoms with E-state index in [0.717, 1.165) is 5.39 Å². The highest BCUT2D eigenvalue weighted by Crippen LogP contribution is 2.19. The predicted octanol–water partition coefficient (Wildman–Crippen LogP) is 2.79. The Morgan fingerprint density at radius 2 is 2.00 bits per heavy atom. The molecule has 0 fully saturated rings. The molecule has 100 valence electrons. The summed E-state index contributed by atoms with van der Waals surface area (Å²) in [4.78, 5) is 24.1. The zero-order chi connectivity index (χ0) is 14.1. The van der Waals surface area contributed by atoms with E-state index >= 15 is 0 Å². The predicted molar refractivity (Wildman–Crippen MR) is 76.0 cm³/mol. The van der Waals surface area contributed by atoms with Gasteiger partial charge in [0.15, 0.2) is 5.76 Å². The maximum Gasteiger partial charge on any atom is 0.253 e. The Labute approximate surface area is 115 Å². The first-order chi connectivity index (χ1) is 9.65. The summed E-state index contributed by atoms with van der Waals surface area (Å²) in [6.45, 7) is 1.71. The van der Waals surface area contributed by atoms with Crippen LogP contribution >= 0.6 is 0 Å². The molecule has 0 aliphatic heterocycles. The minimum Gasteiger partial charge on any atom is -0.453 e. The molecule has 0 unspecified atom stereocenters. The molecule has 1 aromatic carbocycles. The molecule has 2 heterocycles. The third-order valence-corrected chi connectivity index (χ3v) is 3.22. The van der Waals surface area contributed by atoms with Gasteiger partial charge in [-0.3, -0.25) is 9.59 Å². The molecule has 3 rings (SSSR count). The van der Waals surface area contributed by atoms with Crippen molar-refractivity contribution in [1.29, 1.82) is 0 Å². The smallest absolute Gasteiger partial charge is 0.253 e. The maximum atomic E-state index is 12.2. The Morgan fingerprint density at radius 3 is 2.80 bits per heavy atom. The highest BCUT2D eigenvalue weighted by atomic mass is 16.3. The second-order valence-corrected chi connectivity index (χ2v) is 4.70. The van der Waals surface area contributed by atoms with Crippen LogP contribution in [-0.2, 0) is 6.54 Å². The lowest BCUT2D eigenvalue weighted by molar-refractivity contribution is 0.0946. The van der Waals surface area contributed by atoms with E-state index in [1.807, 2.05) is 24.3 Å². The number of carbonyl (C=O) groups is 1. The van der Waals surface area contributed by atoms with Crippen LogP contribution in [0.4, 0.5) is 0 Å². The van der Waals surface area contributed by atoms with E-state index in [4.69, 9.17) is 4.42 Å². The lowest BCUT2D eigenvalue weighted by Crippen LogP contribution is -2.24. The molecule has 0 spiro atoms. The molecule has 3 aromatic rings. The Balaban J connectivity index is 1.93. The third kappa shape index (κ3) is 2.16. The van der Waals surface area contributed by atoms with Gasteiger partial charge in [0.2, 0.25) is 5.78 Å². The van der Waals surface area contributed by atoms with Crippen LogP contribution in [0.2, 0.25) is 0 Å². The van der Waals surface area contributed by atoms with Gasteiger partial charge in [0.25, 0.3) is 5.56 Å². The summed E-state index contributed by atoms with van der Waals surface area (Å²) in [5, 5.41) is 0.882. The largest absolute Gasteiger partial charge is 0.453 e. The van der Waals surface area contributed by atoms with Gasteiger partial charge in [-0.1, -0.05) is 24.3 Å². The van der Waals surface area contributed by atoms with E-state index in [9.17, 15) is 9.59 Å². The number of Topliss-reactive ketones (excluding diaryl/α,β-unsaturated/α-hetero) is 1. The van der Waals surface area contributed by atoms with E-state index in [1.54, 1.807) is 31.3 Å². The second kappa shape index (κ2) is 4.81. The quantitative estimate of drug-likeness (QED) is 0.686. The van der Waals surface area contributed by atoms with Crippen molar-refractivity contribution >= 4 is 16.8 Å². The van der Waals surface area contributed by atoms with Crippen LogP contribution in [0.15, 0.2) is 57.9 Å². The Bertz CT molecular complexity index is 809. The van der Waals surface area contributed by atoms with Crippen LogP contribution in [0.5, 0.6) is 0 Å². The molecule has 0 aliphatic rings. The minimum atomic E-state index is -0.214. The first kappa shape index (κ1) is 12.4. The van der Waals surface area contributed by atoms with Crippen LogP contribution in [-0.4, -0.2) is 10.4 Å². The average Bonchev–Trinajstić information content (AvgIpc) is 2.88. The van der Waals surface area contributed by atoms with Crippen molar-refractivity contribution in [3.63, 3.8) is 0 Å². The van der Waals surface area contributed by atoms with Crippen molar-refractivity contribution in [2.24, 2.45) is 0 Å². The number of nitrogens with zero attached hydrogens (tertiary/aromatic N) is 1. The monoisotopic (exact) mass is 267 g/mol. The third-order valence-electron chi connectivity index (χ3n) is 3.22. The maximum absolute atomic E-state index is 12.2. The topological polar surface area (TPSA) is 52.2 Å². The van der Waals surface area contributed by atoms with Crippen molar-refractivity contribution in [3.8, 4) is 0 Å². The number of furan rings is 1. The number of ketones is 1. The van der Waals surface area contributed by atoms with Crippen LogP contribution in [0.25, 0.3) is 11.0 Å². The standard InChI is InChI=1S/C16H13NO3/c1-11-5-4-8-17(16(11)19)10-13(18)15-9-12-6-2-3-7-14(12)20-15/h2-9H,10H2,1H3. The molecule has 0 saturated heterocycles. The summed E-state index contributed by atoms with van der Waals surface area (Å²) < 4.78 is 6.90. The fourth-order valence-electron chi connectivity index (χ4n) is 2.13. The molecule has 0 bridgehead atoms. The first-order valence-electron chi connectivity index (χ1n) is 6.33. The summed E-state index contributed by atoms with van der Waals surface area (Å²) in [6, 6.07) is 12.6. The zero-order valence-electron chi connectivity index (χ0n) is 11.0. The second-order valence-electron chi connectivity index (χ2n) is 4.70. The number of aromatic nitrogens is 1. The number of aryl methyl sites for hydroxylation is 1. The summed E-state index contributed by atoms with van der Waals surface area (Å²) in [6.07, 6.45) is 1.61. The van der Waals surface area contributed by atoms with Crippen LogP contribution in [0, 0.1) is 6.92 Å². The van der Waals surface area contributed by atoms with Crippen molar-refractivity contribution in [2.45, 2.75) is 13.5 Å². The Morgan fingerprint density at radius 1 is 1.20 bits per heavy atom. The molecule has 0 saturated carbocycles. The van der Waals surface area contributed by atoms with Crippen LogP contribution in [0.3, 0.4) is 0 Å². The van der Waals surface area contributed by atoms with E-state index in [-0.39, 0.29) is 23.6 Å². The number of hydrogen-bond acceptors (Lipinski definition) is 3. The van der Waals surface area contributed by atoms with Gasteiger partial charge in [-0.05, 0) is 25.1 Å². The lowest BCUT2D eigenvalue weighted by atomic mass is 10.2.